The molecule has 2 aliphatic carbocycles. The number of rotatable bonds is 5. The highest BCUT2D eigenvalue weighted by molar-refractivity contribution is 5.87. The number of hydrogen-bond donors (Lipinski definition) is 3. The Bertz CT molecular complexity index is 483. The van der Waals surface area contributed by atoms with Crippen LogP contribution in [0.5, 0.6) is 0 Å². The van der Waals surface area contributed by atoms with E-state index in [0.29, 0.717) is 0 Å². The topological polar surface area (TPSA) is 96.5 Å². The molecule has 7 heteroatoms. The smallest absolute Gasteiger partial charge is 0.407 e. The van der Waals surface area contributed by atoms with Crippen LogP contribution in [0.1, 0.15) is 59.3 Å². The highest BCUT2D eigenvalue weighted by Gasteiger charge is 2.31. The molecule has 2 rings (SSSR count). The monoisotopic (exact) mass is 339 g/mol. The van der Waals surface area contributed by atoms with Gasteiger partial charge >= 0.3 is 6.09 Å². The van der Waals surface area contributed by atoms with Gasteiger partial charge in [0, 0.05) is 12.0 Å². The lowest BCUT2D eigenvalue weighted by Gasteiger charge is -2.33. The van der Waals surface area contributed by atoms with Crippen molar-refractivity contribution < 1.29 is 19.1 Å². The number of ether oxygens (including phenoxy) is 1. The van der Waals surface area contributed by atoms with Crippen LogP contribution in [0.15, 0.2) is 0 Å². The van der Waals surface area contributed by atoms with E-state index < -0.39 is 11.7 Å². The minimum absolute atomic E-state index is 0.00894. The maximum Gasteiger partial charge on any atom is 0.407 e. The molecule has 0 heterocycles. The van der Waals surface area contributed by atoms with Gasteiger partial charge < -0.3 is 20.7 Å². The van der Waals surface area contributed by atoms with Crippen molar-refractivity contribution in [3.05, 3.63) is 0 Å². The molecule has 136 valence electrons. The minimum Gasteiger partial charge on any atom is -0.444 e. The van der Waals surface area contributed by atoms with Crippen LogP contribution in [-0.2, 0) is 14.3 Å². The van der Waals surface area contributed by atoms with Gasteiger partial charge in [-0.25, -0.2) is 4.79 Å². The van der Waals surface area contributed by atoms with Crippen LogP contribution in [-0.4, -0.2) is 42.1 Å². The van der Waals surface area contributed by atoms with Crippen molar-refractivity contribution in [1.82, 2.24) is 16.0 Å². The first-order valence-electron chi connectivity index (χ1n) is 8.81. The van der Waals surface area contributed by atoms with Crippen LogP contribution in [0.4, 0.5) is 4.79 Å². The lowest BCUT2D eigenvalue weighted by Crippen LogP contribution is -2.55. The third kappa shape index (κ3) is 6.37. The van der Waals surface area contributed by atoms with Gasteiger partial charge in [-0.2, -0.15) is 0 Å². The normalized spacial score (nSPS) is 24.0. The van der Waals surface area contributed by atoms with Crippen molar-refractivity contribution in [1.29, 1.82) is 0 Å². The van der Waals surface area contributed by atoms with Gasteiger partial charge in [0.25, 0.3) is 0 Å². The van der Waals surface area contributed by atoms with Crippen LogP contribution >= 0.6 is 0 Å². The molecular weight excluding hydrogens is 310 g/mol. The van der Waals surface area contributed by atoms with Gasteiger partial charge in [0.1, 0.15) is 5.60 Å². The molecular formula is C17H29N3O4. The Balaban J connectivity index is 1.78. The van der Waals surface area contributed by atoms with Crippen LogP contribution < -0.4 is 16.0 Å². The lowest BCUT2D eigenvalue weighted by atomic mass is 9.90. The maximum atomic E-state index is 12.0. The van der Waals surface area contributed by atoms with Crippen molar-refractivity contribution in [2.24, 2.45) is 5.92 Å². The molecule has 7 nitrogen and oxygen atoms in total. The molecule has 0 bridgehead atoms. The van der Waals surface area contributed by atoms with E-state index in [9.17, 15) is 14.4 Å². The van der Waals surface area contributed by atoms with Gasteiger partial charge in [-0.05, 0) is 46.5 Å². The summed E-state index contributed by atoms with van der Waals surface area (Å²) >= 11 is 0. The van der Waals surface area contributed by atoms with Crippen LogP contribution in [0.2, 0.25) is 0 Å². The molecule has 0 aliphatic heterocycles. The molecule has 24 heavy (non-hydrogen) atoms. The highest BCUT2D eigenvalue weighted by atomic mass is 16.6. The van der Waals surface area contributed by atoms with E-state index in [1.165, 1.54) is 0 Å². The first-order chi connectivity index (χ1) is 11.2. The number of hydrogen-bond acceptors (Lipinski definition) is 4. The highest BCUT2D eigenvalue weighted by Crippen LogP contribution is 2.28. The summed E-state index contributed by atoms with van der Waals surface area (Å²) in [4.78, 5) is 35.6. The zero-order valence-electron chi connectivity index (χ0n) is 14.8. The van der Waals surface area contributed by atoms with Gasteiger partial charge in [0.2, 0.25) is 11.8 Å². The Hall–Kier alpha value is -1.79. The number of amides is 3. The standard InChI is InChI=1S/C17H29N3O4/c1-17(2,3)24-16(23)20-13-7-5-4-6-12(13)19-14(21)10-18-15(22)11-8-9-11/h11-13H,4-10H2,1-3H3,(H,18,22)(H,19,21)(H,20,23)/t12-,13-/m0/s1. The lowest BCUT2D eigenvalue weighted by molar-refractivity contribution is -0.127. The quantitative estimate of drug-likeness (QED) is 0.706. The van der Waals surface area contributed by atoms with Gasteiger partial charge in [0.15, 0.2) is 0 Å². The molecule has 0 unspecified atom stereocenters. The predicted octanol–water partition coefficient (Wildman–Crippen LogP) is 1.46. The molecule has 3 amide bonds. The largest absolute Gasteiger partial charge is 0.444 e. The van der Waals surface area contributed by atoms with Crippen molar-refractivity contribution in [3.63, 3.8) is 0 Å². The molecule has 3 N–H and O–H groups in total. The molecule has 2 fully saturated rings. The number of carbonyl (C=O) groups is 3. The predicted molar refractivity (Wildman–Crippen MR) is 89.3 cm³/mol. The molecule has 0 radical (unpaired) electrons. The van der Waals surface area contributed by atoms with Crippen molar-refractivity contribution in [2.75, 3.05) is 6.54 Å². The van der Waals surface area contributed by atoms with E-state index in [1.54, 1.807) is 0 Å². The SMILES string of the molecule is CC(C)(C)OC(=O)N[C@H]1CCCC[C@@H]1NC(=O)CNC(=O)C1CC1. The van der Waals surface area contributed by atoms with E-state index in [-0.39, 0.29) is 36.4 Å². The Kier molecular flexibility index (Phi) is 6.07. The summed E-state index contributed by atoms with van der Waals surface area (Å²) < 4.78 is 5.29. The van der Waals surface area contributed by atoms with Crippen LogP contribution in [0.25, 0.3) is 0 Å². The number of carbonyl (C=O) groups excluding carboxylic acids is 3. The summed E-state index contributed by atoms with van der Waals surface area (Å²) in [6.45, 7) is 5.44. The summed E-state index contributed by atoms with van der Waals surface area (Å²) in [5.74, 6) is -0.168. The summed E-state index contributed by atoms with van der Waals surface area (Å²) in [6.07, 6.45) is 4.99. The van der Waals surface area contributed by atoms with Crippen LogP contribution in [0, 0.1) is 5.92 Å². The Morgan fingerprint density at radius 1 is 0.958 bits per heavy atom. The molecule has 0 aromatic heterocycles. The third-order valence-electron chi connectivity index (χ3n) is 4.19. The molecule has 0 saturated heterocycles. The van der Waals surface area contributed by atoms with Gasteiger partial charge in [-0.1, -0.05) is 12.8 Å². The molecule has 0 aromatic carbocycles. The Labute approximate surface area is 143 Å². The third-order valence-corrected chi connectivity index (χ3v) is 4.19. The number of nitrogens with one attached hydrogen (secondary N) is 3. The van der Waals surface area contributed by atoms with Gasteiger partial charge in [-0.15, -0.1) is 0 Å². The minimum atomic E-state index is -0.551. The first kappa shape index (κ1) is 18.5. The average Bonchev–Trinajstić information content (AvgIpc) is 3.29. The molecule has 2 saturated carbocycles. The van der Waals surface area contributed by atoms with Crippen LogP contribution in [0.3, 0.4) is 0 Å². The Morgan fingerprint density at radius 2 is 1.54 bits per heavy atom. The molecule has 0 spiro atoms. The second-order valence-electron chi connectivity index (χ2n) is 7.70. The van der Waals surface area contributed by atoms with E-state index in [0.717, 1.165) is 38.5 Å². The zero-order valence-corrected chi connectivity index (χ0v) is 14.8. The van der Waals surface area contributed by atoms with Crippen molar-refractivity contribution >= 4 is 17.9 Å². The van der Waals surface area contributed by atoms with Gasteiger partial charge in [-0.3, -0.25) is 9.59 Å². The van der Waals surface area contributed by atoms with E-state index in [1.807, 2.05) is 20.8 Å². The fourth-order valence-electron chi connectivity index (χ4n) is 2.85. The first-order valence-corrected chi connectivity index (χ1v) is 8.81. The van der Waals surface area contributed by atoms with E-state index in [4.69, 9.17) is 4.74 Å². The molecule has 2 atom stereocenters. The average molecular weight is 339 g/mol. The van der Waals surface area contributed by atoms with E-state index in [2.05, 4.69) is 16.0 Å². The second-order valence-corrected chi connectivity index (χ2v) is 7.70. The molecule has 2 aliphatic rings. The van der Waals surface area contributed by atoms with Crippen molar-refractivity contribution in [3.8, 4) is 0 Å². The second kappa shape index (κ2) is 7.85. The fourth-order valence-corrected chi connectivity index (χ4v) is 2.85. The maximum absolute atomic E-state index is 12.0. The Morgan fingerprint density at radius 3 is 2.08 bits per heavy atom. The van der Waals surface area contributed by atoms with E-state index >= 15 is 0 Å². The molecule has 0 aromatic rings. The fraction of sp³-hybridized carbons (Fsp3) is 0.824. The van der Waals surface area contributed by atoms with Crippen molar-refractivity contribution in [2.45, 2.75) is 77.0 Å². The summed E-state index contributed by atoms with van der Waals surface area (Å²) in [7, 11) is 0. The number of alkyl carbamates (subject to hydrolysis) is 1. The summed E-state index contributed by atoms with van der Waals surface area (Å²) in [5.41, 5.74) is -0.551. The summed E-state index contributed by atoms with van der Waals surface area (Å²) in [6, 6.07) is -0.270. The van der Waals surface area contributed by atoms with Gasteiger partial charge in [0.05, 0.1) is 12.6 Å². The zero-order chi connectivity index (χ0) is 17.7. The summed E-state index contributed by atoms with van der Waals surface area (Å²) in [5, 5.41) is 8.45.